The van der Waals surface area contributed by atoms with E-state index in [1.165, 1.54) is 19.2 Å². The number of nitrogens with zero attached hydrogens (tertiary/aromatic N) is 1. The van der Waals surface area contributed by atoms with Gasteiger partial charge in [-0.1, -0.05) is 0 Å². The van der Waals surface area contributed by atoms with Crippen LogP contribution in [0.4, 0.5) is 0 Å². The van der Waals surface area contributed by atoms with Crippen molar-refractivity contribution in [2.75, 3.05) is 7.11 Å². The average Bonchev–Trinajstić information content (AvgIpc) is 2.26. The molecule has 0 spiro atoms. The molecule has 0 amide bonds. The maximum Gasteiger partial charge on any atom is 0.337 e. The molecule has 1 atom stereocenters. The van der Waals surface area contributed by atoms with Crippen LogP contribution in [-0.4, -0.2) is 23.3 Å². The van der Waals surface area contributed by atoms with Gasteiger partial charge in [0.1, 0.15) is 11.8 Å². The number of ether oxygens (including phenoxy) is 1. The minimum absolute atomic E-state index is 0.169. The van der Waals surface area contributed by atoms with E-state index in [0.717, 1.165) is 0 Å². The number of aryl methyl sites for hydroxylation is 1. The van der Waals surface area contributed by atoms with Gasteiger partial charge < -0.3 is 14.9 Å². The molecule has 2 N–H and O–H groups in total. The molecule has 1 aromatic carbocycles. The topological polar surface area (TPSA) is 90.6 Å². The molecule has 0 heterocycles. The Labute approximate surface area is 92.5 Å². The van der Waals surface area contributed by atoms with Crippen molar-refractivity contribution >= 4 is 5.97 Å². The number of carboxylic acid groups (broad SMARTS) is 1. The van der Waals surface area contributed by atoms with Gasteiger partial charge in [0.25, 0.3) is 0 Å². The number of nitriles is 1. The number of hydrogen-bond donors (Lipinski definition) is 2. The summed E-state index contributed by atoms with van der Waals surface area (Å²) in [5, 5.41) is 26.9. The van der Waals surface area contributed by atoms with Crippen LogP contribution in [0.25, 0.3) is 0 Å². The van der Waals surface area contributed by atoms with Crippen molar-refractivity contribution in [1.29, 1.82) is 5.26 Å². The minimum atomic E-state index is -1.63. The molecule has 0 aliphatic carbocycles. The number of benzene rings is 1. The van der Waals surface area contributed by atoms with Gasteiger partial charge in [0.2, 0.25) is 0 Å². The van der Waals surface area contributed by atoms with E-state index in [1.54, 1.807) is 6.92 Å². The zero-order valence-electron chi connectivity index (χ0n) is 8.89. The van der Waals surface area contributed by atoms with Crippen LogP contribution in [0.1, 0.15) is 22.8 Å². The molecule has 1 unspecified atom stereocenters. The van der Waals surface area contributed by atoms with Crippen LogP contribution in [0.5, 0.6) is 5.75 Å². The Bertz CT molecular complexity index is 462. The highest BCUT2D eigenvalue weighted by molar-refractivity contribution is 5.74. The fourth-order valence-electron chi connectivity index (χ4n) is 1.46. The molecule has 84 valence electrons. The van der Waals surface area contributed by atoms with E-state index in [4.69, 9.17) is 15.1 Å². The number of carbonyl (C=O) groups is 1. The molecule has 5 heteroatoms. The van der Waals surface area contributed by atoms with Crippen molar-refractivity contribution in [3.63, 3.8) is 0 Å². The molecular weight excluding hydrogens is 210 g/mol. The summed E-state index contributed by atoms with van der Waals surface area (Å²) in [7, 11) is 1.43. The first kappa shape index (κ1) is 12.0. The van der Waals surface area contributed by atoms with Crippen LogP contribution in [0.2, 0.25) is 0 Å². The van der Waals surface area contributed by atoms with Crippen molar-refractivity contribution in [2.45, 2.75) is 13.0 Å². The van der Waals surface area contributed by atoms with Gasteiger partial charge in [-0.2, -0.15) is 5.26 Å². The molecule has 0 fully saturated rings. The van der Waals surface area contributed by atoms with E-state index in [0.29, 0.717) is 11.3 Å². The summed E-state index contributed by atoms with van der Waals surface area (Å²) in [5.74, 6) is -0.961. The predicted octanol–water partition coefficient (Wildman–Crippen LogP) is 0.993. The molecule has 0 saturated carbocycles. The van der Waals surface area contributed by atoms with Crippen molar-refractivity contribution in [3.05, 3.63) is 28.8 Å². The summed E-state index contributed by atoms with van der Waals surface area (Å²) in [6.07, 6.45) is -1.63. The van der Waals surface area contributed by atoms with Gasteiger partial charge in [-0.05, 0) is 30.2 Å². The van der Waals surface area contributed by atoms with Gasteiger partial charge in [-0.25, -0.2) is 4.79 Å². The first-order chi connectivity index (χ1) is 7.51. The fraction of sp³-hybridized carbons (Fsp3) is 0.273. The van der Waals surface area contributed by atoms with Crippen LogP contribution in [0.3, 0.4) is 0 Å². The zero-order chi connectivity index (χ0) is 12.3. The Morgan fingerprint density at radius 2 is 2.19 bits per heavy atom. The number of aliphatic carboxylic acids is 1. The molecule has 0 bridgehead atoms. The molecule has 0 aliphatic rings. The quantitative estimate of drug-likeness (QED) is 0.794. The number of carboxylic acids is 1. The molecule has 0 saturated heterocycles. The van der Waals surface area contributed by atoms with Crippen LogP contribution in [0.15, 0.2) is 12.1 Å². The van der Waals surface area contributed by atoms with E-state index < -0.39 is 12.1 Å². The Morgan fingerprint density at radius 1 is 1.56 bits per heavy atom. The third-order valence-electron chi connectivity index (χ3n) is 2.17. The lowest BCUT2D eigenvalue weighted by molar-refractivity contribution is -0.146. The molecule has 0 aromatic heterocycles. The Balaban J connectivity index is 3.32. The van der Waals surface area contributed by atoms with E-state index in [1.807, 2.05) is 6.07 Å². The maximum atomic E-state index is 10.6. The van der Waals surface area contributed by atoms with Gasteiger partial charge >= 0.3 is 5.97 Å². The average molecular weight is 221 g/mol. The highest BCUT2D eigenvalue weighted by Gasteiger charge is 2.19. The second-order valence-electron chi connectivity index (χ2n) is 3.27. The lowest BCUT2D eigenvalue weighted by atomic mass is 10.0. The van der Waals surface area contributed by atoms with E-state index in [9.17, 15) is 9.90 Å². The Morgan fingerprint density at radius 3 is 2.62 bits per heavy atom. The maximum absolute atomic E-state index is 10.6. The molecule has 1 rings (SSSR count). The zero-order valence-corrected chi connectivity index (χ0v) is 8.89. The van der Waals surface area contributed by atoms with Crippen molar-refractivity contribution < 1.29 is 19.7 Å². The summed E-state index contributed by atoms with van der Waals surface area (Å²) in [4.78, 5) is 10.6. The SMILES string of the molecule is COc1c(C)cc(C(O)C(=O)O)cc1C#N. The number of rotatable bonds is 3. The summed E-state index contributed by atoms with van der Waals surface area (Å²) in [6.45, 7) is 1.68. The number of aliphatic hydroxyl groups excluding tert-OH is 1. The van der Waals surface area contributed by atoms with Crippen LogP contribution in [0, 0.1) is 18.3 Å². The number of hydrogen-bond acceptors (Lipinski definition) is 4. The standard InChI is InChI=1S/C11H11NO4/c1-6-3-7(9(13)11(14)15)4-8(5-12)10(6)16-2/h3-4,9,13H,1-2H3,(H,14,15). The van der Waals surface area contributed by atoms with Crippen molar-refractivity contribution in [3.8, 4) is 11.8 Å². The lowest BCUT2D eigenvalue weighted by Crippen LogP contribution is -2.11. The van der Waals surface area contributed by atoms with Gasteiger partial charge in [0.05, 0.1) is 12.7 Å². The van der Waals surface area contributed by atoms with E-state index in [2.05, 4.69) is 0 Å². The summed E-state index contributed by atoms with van der Waals surface area (Å²) in [6, 6.07) is 4.69. The van der Waals surface area contributed by atoms with Gasteiger partial charge in [-0.15, -0.1) is 0 Å². The van der Waals surface area contributed by atoms with Gasteiger partial charge in [-0.3, -0.25) is 0 Å². The first-order valence-corrected chi connectivity index (χ1v) is 4.50. The number of aliphatic hydroxyl groups is 1. The molecule has 16 heavy (non-hydrogen) atoms. The highest BCUT2D eigenvalue weighted by Crippen LogP contribution is 2.27. The molecular formula is C11H11NO4. The Kier molecular flexibility index (Phi) is 3.48. The second kappa shape index (κ2) is 4.64. The summed E-state index contributed by atoms with van der Waals surface area (Å²) in [5.41, 5.74) is 0.983. The molecule has 1 aromatic rings. The van der Waals surface area contributed by atoms with Gasteiger partial charge in [0, 0.05) is 0 Å². The van der Waals surface area contributed by atoms with Crippen molar-refractivity contribution in [1.82, 2.24) is 0 Å². The monoisotopic (exact) mass is 221 g/mol. The summed E-state index contributed by atoms with van der Waals surface area (Å²) >= 11 is 0. The van der Waals surface area contributed by atoms with Crippen molar-refractivity contribution in [2.24, 2.45) is 0 Å². The number of methoxy groups -OCH3 is 1. The normalized spacial score (nSPS) is 11.6. The van der Waals surface area contributed by atoms with Crippen LogP contribution in [-0.2, 0) is 4.79 Å². The van der Waals surface area contributed by atoms with Crippen LogP contribution >= 0.6 is 0 Å². The third-order valence-corrected chi connectivity index (χ3v) is 2.17. The minimum Gasteiger partial charge on any atom is -0.495 e. The highest BCUT2D eigenvalue weighted by atomic mass is 16.5. The lowest BCUT2D eigenvalue weighted by Gasteiger charge is -2.11. The molecule has 0 aliphatic heterocycles. The summed E-state index contributed by atoms with van der Waals surface area (Å²) < 4.78 is 5.01. The fourth-order valence-corrected chi connectivity index (χ4v) is 1.46. The second-order valence-corrected chi connectivity index (χ2v) is 3.27. The van der Waals surface area contributed by atoms with E-state index in [-0.39, 0.29) is 11.1 Å². The van der Waals surface area contributed by atoms with Gasteiger partial charge in [0.15, 0.2) is 6.10 Å². The predicted molar refractivity (Wildman–Crippen MR) is 55.0 cm³/mol. The largest absolute Gasteiger partial charge is 0.495 e. The smallest absolute Gasteiger partial charge is 0.337 e. The molecule has 5 nitrogen and oxygen atoms in total. The van der Waals surface area contributed by atoms with E-state index >= 15 is 0 Å². The Hall–Kier alpha value is -2.06. The molecule has 0 radical (unpaired) electrons. The first-order valence-electron chi connectivity index (χ1n) is 4.50. The van der Waals surface area contributed by atoms with Crippen LogP contribution < -0.4 is 4.74 Å². The third kappa shape index (κ3) is 2.12.